The quantitative estimate of drug-likeness (QED) is 0.864. The third-order valence-corrected chi connectivity index (χ3v) is 2.78. The molecule has 0 atom stereocenters. The Bertz CT molecular complexity index is 477. The van der Waals surface area contributed by atoms with Crippen LogP contribution >= 0.6 is 11.6 Å². The fourth-order valence-electron chi connectivity index (χ4n) is 1.07. The number of anilines is 1. The van der Waals surface area contributed by atoms with Crippen molar-refractivity contribution >= 4 is 23.2 Å². The first-order valence-electron chi connectivity index (χ1n) is 5.12. The Morgan fingerprint density at radius 1 is 1.59 bits per heavy atom. The number of benzene rings is 1. The van der Waals surface area contributed by atoms with E-state index in [-0.39, 0.29) is 12.5 Å². The Balaban J connectivity index is 2.91. The van der Waals surface area contributed by atoms with Crippen molar-refractivity contribution in [3.05, 3.63) is 28.8 Å². The fraction of sp³-hybridized carbons (Fsp3) is 0.333. The van der Waals surface area contributed by atoms with Crippen LogP contribution in [0.2, 0.25) is 5.02 Å². The molecule has 1 aromatic carbocycles. The number of carbonyl (C=O) groups is 1. The maximum Gasteiger partial charge on any atom is 0.231 e. The number of rotatable bonds is 3. The van der Waals surface area contributed by atoms with Crippen molar-refractivity contribution in [1.82, 2.24) is 0 Å². The van der Waals surface area contributed by atoms with Crippen LogP contribution < -0.4 is 11.1 Å². The van der Waals surface area contributed by atoms with E-state index in [1.807, 2.05) is 6.07 Å². The highest BCUT2D eigenvalue weighted by Gasteiger charge is 2.26. The van der Waals surface area contributed by atoms with Crippen molar-refractivity contribution < 1.29 is 4.79 Å². The highest BCUT2D eigenvalue weighted by Crippen LogP contribution is 2.25. The molecule has 0 radical (unpaired) electrons. The summed E-state index contributed by atoms with van der Waals surface area (Å²) in [5.41, 5.74) is 5.79. The zero-order valence-corrected chi connectivity index (χ0v) is 10.5. The molecule has 90 valence electrons. The van der Waals surface area contributed by atoms with Crippen LogP contribution in [-0.2, 0) is 4.79 Å². The summed E-state index contributed by atoms with van der Waals surface area (Å²) in [6.07, 6.45) is 0. The molecule has 0 aliphatic heterocycles. The van der Waals surface area contributed by atoms with E-state index in [0.29, 0.717) is 16.3 Å². The lowest BCUT2D eigenvalue weighted by Crippen LogP contribution is -2.37. The van der Waals surface area contributed by atoms with Gasteiger partial charge in [-0.2, -0.15) is 5.26 Å². The van der Waals surface area contributed by atoms with Crippen molar-refractivity contribution in [3.8, 4) is 6.07 Å². The second-order valence-electron chi connectivity index (χ2n) is 4.35. The minimum Gasteiger partial charge on any atom is -0.329 e. The number of hydrogen-bond donors (Lipinski definition) is 2. The van der Waals surface area contributed by atoms with Gasteiger partial charge in [0.15, 0.2) is 0 Å². The molecular weight excluding hydrogens is 238 g/mol. The predicted octanol–water partition coefficient (Wildman–Crippen LogP) is 2.14. The summed E-state index contributed by atoms with van der Waals surface area (Å²) in [7, 11) is 0. The van der Waals surface area contributed by atoms with Gasteiger partial charge in [0.05, 0.1) is 27.8 Å². The van der Waals surface area contributed by atoms with Gasteiger partial charge in [-0.15, -0.1) is 0 Å². The molecule has 0 heterocycles. The van der Waals surface area contributed by atoms with Crippen molar-refractivity contribution in [2.24, 2.45) is 11.1 Å². The molecule has 0 bridgehead atoms. The number of carbonyl (C=O) groups excluding carboxylic acids is 1. The summed E-state index contributed by atoms with van der Waals surface area (Å²) in [4.78, 5) is 11.9. The van der Waals surface area contributed by atoms with Gasteiger partial charge < -0.3 is 11.1 Å². The summed E-state index contributed by atoms with van der Waals surface area (Å²) < 4.78 is 0. The zero-order chi connectivity index (χ0) is 13.1. The van der Waals surface area contributed by atoms with Crippen LogP contribution in [0.4, 0.5) is 5.69 Å². The Labute approximate surface area is 105 Å². The molecule has 1 amide bonds. The number of halogens is 1. The molecule has 0 saturated carbocycles. The van der Waals surface area contributed by atoms with Gasteiger partial charge in [-0.25, -0.2) is 0 Å². The van der Waals surface area contributed by atoms with E-state index in [0.717, 1.165) is 0 Å². The fourth-order valence-corrected chi connectivity index (χ4v) is 1.30. The number of hydrogen-bond acceptors (Lipinski definition) is 3. The maximum atomic E-state index is 11.9. The highest BCUT2D eigenvalue weighted by atomic mass is 35.5. The lowest BCUT2D eigenvalue weighted by molar-refractivity contribution is -0.123. The second kappa shape index (κ2) is 5.17. The lowest BCUT2D eigenvalue weighted by atomic mass is 9.92. The van der Waals surface area contributed by atoms with Gasteiger partial charge >= 0.3 is 0 Å². The molecule has 0 fully saturated rings. The number of nitrogens with two attached hydrogens (primary N) is 1. The third-order valence-electron chi connectivity index (χ3n) is 2.47. The van der Waals surface area contributed by atoms with Crippen molar-refractivity contribution in [2.45, 2.75) is 13.8 Å². The van der Waals surface area contributed by atoms with E-state index in [2.05, 4.69) is 5.32 Å². The van der Waals surface area contributed by atoms with Crippen molar-refractivity contribution in [2.75, 3.05) is 11.9 Å². The van der Waals surface area contributed by atoms with Crippen LogP contribution in [0.25, 0.3) is 0 Å². The molecule has 17 heavy (non-hydrogen) atoms. The summed E-state index contributed by atoms with van der Waals surface area (Å²) in [6, 6.07) is 6.68. The summed E-state index contributed by atoms with van der Waals surface area (Å²) in [5, 5.41) is 11.7. The predicted molar refractivity (Wildman–Crippen MR) is 67.6 cm³/mol. The number of nitrogens with one attached hydrogen (secondary N) is 1. The van der Waals surface area contributed by atoms with Crippen LogP contribution in [-0.4, -0.2) is 12.5 Å². The molecular formula is C12H14ClN3O. The monoisotopic (exact) mass is 251 g/mol. The van der Waals surface area contributed by atoms with Crippen molar-refractivity contribution in [1.29, 1.82) is 5.26 Å². The maximum absolute atomic E-state index is 11.9. The SMILES string of the molecule is CC(C)(CN)C(=O)Nc1ccc(C#N)cc1Cl. The number of nitrogens with zero attached hydrogens (tertiary/aromatic N) is 1. The largest absolute Gasteiger partial charge is 0.329 e. The summed E-state index contributed by atoms with van der Waals surface area (Å²) >= 11 is 5.95. The van der Waals surface area contributed by atoms with Gasteiger partial charge in [0.2, 0.25) is 5.91 Å². The summed E-state index contributed by atoms with van der Waals surface area (Å²) in [6.45, 7) is 3.74. The normalized spacial score (nSPS) is 10.8. The van der Waals surface area contributed by atoms with Gasteiger partial charge in [0.1, 0.15) is 0 Å². The van der Waals surface area contributed by atoms with Crippen LogP contribution in [0.3, 0.4) is 0 Å². The van der Waals surface area contributed by atoms with Crippen LogP contribution in [0.1, 0.15) is 19.4 Å². The molecule has 0 unspecified atom stereocenters. The zero-order valence-electron chi connectivity index (χ0n) is 9.75. The average Bonchev–Trinajstić information content (AvgIpc) is 2.31. The lowest BCUT2D eigenvalue weighted by Gasteiger charge is -2.21. The topological polar surface area (TPSA) is 78.9 Å². The Morgan fingerprint density at radius 3 is 2.71 bits per heavy atom. The second-order valence-corrected chi connectivity index (χ2v) is 4.76. The Hall–Kier alpha value is -1.57. The van der Waals surface area contributed by atoms with Crippen molar-refractivity contribution in [3.63, 3.8) is 0 Å². The van der Waals surface area contributed by atoms with E-state index in [9.17, 15) is 4.79 Å². The van der Waals surface area contributed by atoms with E-state index >= 15 is 0 Å². The Morgan fingerprint density at radius 2 is 2.24 bits per heavy atom. The van der Waals surface area contributed by atoms with Crippen LogP contribution in [0.15, 0.2) is 18.2 Å². The molecule has 0 aliphatic carbocycles. The third kappa shape index (κ3) is 3.19. The minimum absolute atomic E-state index is 0.202. The van der Waals surface area contributed by atoms with E-state index in [1.54, 1.807) is 26.0 Å². The molecule has 5 heteroatoms. The van der Waals surface area contributed by atoms with E-state index in [4.69, 9.17) is 22.6 Å². The van der Waals surface area contributed by atoms with E-state index in [1.165, 1.54) is 6.07 Å². The molecule has 3 N–H and O–H groups in total. The molecule has 0 spiro atoms. The molecule has 0 aromatic heterocycles. The highest BCUT2D eigenvalue weighted by molar-refractivity contribution is 6.33. The molecule has 1 aromatic rings. The van der Waals surface area contributed by atoms with Gasteiger partial charge in [0.25, 0.3) is 0 Å². The van der Waals surface area contributed by atoms with Gasteiger partial charge in [-0.1, -0.05) is 11.6 Å². The van der Waals surface area contributed by atoms with Crippen LogP contribution in [0, 0.1) is 16.7 Å². The van der Waals surface area contributed by atoms with Gasteiger partial charge in [-0.3, -0.25) is 4.79 Å². The molecule has 4 nitrogen and oxygen atoms in total. The first kappa shape index (κ1) is 13.5. The van der Waals surface area contributed by atoms with Crippen LogP contribution in [0.5, 0.6) is 0 Å². The average molecular weight is 252 g/mol. The standard InChI is InChI=1S/C12H14ClN3O/c1-12(2,7-15)11(17)16-10-4-3-8(6-14)5-9(10)13/h3-5H,7,15H2,1-2H3,(H,16,17). The Kier molecular flexibility index (Phi) is 4.11. The molecule has 0 aliphatic rings. The first-order valence-corrected chi connectivity index (χ1v) is 5.49. The molecule has 1 rings (SSSR count). The number of nitriles is 1. The van der Waals surface area contributed by atoms with Gasteiger partial charge in [-0.05, 0) is 32.0 Å². The minimum atomic E-state index is -0.656. The van der Waals surface area contributed by atoms with Gasteiger partial charge in [0, 0.05) is 6.54 Å². The smallest absolute Gasteiger partial charge is 0.231 e. The first-order chi connectivity index (χ1) is 7.90. The molecule has 0 saturated heterocycles. The van der Waals surface area contributed by atoms with E-state index < -0.39 is 5.41 Å². The number of amides is 1. The summed E-state index contributed by atoms with van der Waals surface area (Å²) in [5.74, 6) is -0.202.